The summed E-state index contributed by atoms with van der Waals surface area (Å²) in [6.07, 6.45) is 4.87. The van der Waals surface area contributed by atoms with Crippen LogP contribution in [-0.2, 0) is 6.42 Å². The minimum Gasteiger partial charge on any atom is -0.264 e. The normalized spacial score (nSPS) is 12.3. The molecule has 62 valence electrons. The van der Waals surface area contributed by atoms with Crippen LogP contribution in [0.2, 0.25) is 0 Å². The van der Waals surface area contributed by atoms with Crippen LogP contribution in [0, 0.1) is 0 Å². The van der Waals surface area contributed by atoms with Gasteiger partial charge >= 0.3 is 0 Å². The molecule has 0 saturated carbocycles. The lowest BCUT2D eigenvalue weighted by atomic mass is 10.1. The highest BCUT2D eigenvalue weighted by atomic mass is 14.6. The molecule has 1 heterocycles. The van der Waals surface area contributed by atoms with Gasteiger partial charge in [0.15, 0.2) is 0 Å². The maximum Gasteiger partial charge on any atom is 0.0309 e. The van der Waals surface area contributed by atoms with Crippen molar-refractivity contribution in [3.8, 4) is 11.1 Å². The van der Waals surface area contributed by atoms with Crippen molar-refractivity contribution >= 4 is 0 Å². The molecule has 2 aromatic rings. The Morgan fingerprint density at radius 2 is 1.77 bits per heavy atom. The second-order valence-electron chi connectivity index (χ2n) is 3.37. The first kappa shape index (κ1) is 6.84. The van der Waals surface area contributed by atoms with Crippen molar-refractivity contribution in [1.29, 1.82) is 0 Å². The van der Waals surface area contributed by atoms with E-state index in [0.717, 1.165) is 6.42 Å². The van der Waals surface area contributed by atoms with E-state index in [1.165, 1.54) is 22.3 Å². The van der Waals surface area contributed by atoms with Crippen LogP contribution in [0.1, 0.15) is 11.1 Å². The van der Waals surface area contributed by atoms with E-state index >= 15 is 0 Å². The maximum absolute atomic E-state index is 4.14. The van der Waals surface area contributed by atoms with E-state index in [-0.39, 0.29) is 0 Å². The van der Waals surface area contributed by atoms with Gasteiger partial charge < -0.3 is 0 Å². The quantitative estimate of drug-likeness (QED) is 0.501. The van der Waals surface area contributed by atoms with Gasteiger partial charge in [-0.2, -0.15) is 0 Å². The zero-order valence-electron chi connectivity index (χ0n) is 7.20. The largest absolute Gasteiger partial charge is 0.264 e. The Morgan fingerprint density at radius 3 is 2.77 bits per heavy atom. The topological polar surface area (TPSA) is 12.9 Å². The van der Waals surface area contributed by atoms with E-state index in [4.69, 9.17) is 0 Å². The summed E-state index contributed by atoms with van der Waals surface area (Å²) in [5, 5.41) is 0. The van der Waals surface area contributed by atoms with Gasteiger partial charge in [0.1, 0.15) is 0 Å². The molecule has 1 nitrogen and oxygen atoms in total. The highest BCUT2D eigenvalue weighted by Crippen LogP contribution is 2.35. The number of benzene rings is 1. The zero-order valence-corrected chi connectivity index (χ0v) is 7.20. The van der Waals surface area contributed by atoms with Crippen LogP contribution < -0.4 is 0 Å². The minimum atomic E-state index is 1.04. The Labute approximate surface area is 77.1 Å². The lowest BCUT2D eigenvalue weighted by Crippen LogP contribution is -1.80. The van der Waals surface area contributed by atoms with Gasteiger partial charge in [-0.25, -0.2) is 0 Å². The molecule has 1 heteroatoms. The van der Waals surface area contributed by atoms with E-state index in [0.29, 0.717) is 0 Å². The Hall–Kier alpha value is -1.63. The summed E-state index contributed by atoms with van der Waals surface area (Å²) in [7, 11) is 0. The number of rotatable bonds is 0. The van der Waals surface area contributed by atoms with Crippen LogP contribution in [0.3, 0.4) is 0 Å². The average Bonchev–Trinajstić information content (AvgIpc) is 2.56. The lowest BCUT2D eigenvalue weighted by Gasteiger charge is -1.97. The number of hydrogen-bond donors (Lipinski definition) is 0. The number of nitrogens with zero attached hydrogens (tertiary/aromatic N) is 1. The maximum atomic E-state index is 4.14. The van der Waals surface area contributed by atoms with E-state index in [9.17, 15) is 0 Å². The number of pyridine rings is 1. The predicted molar refractivity (Wildman–Crippen MR) is 52.5 cm³/mol. The van der Waals surface area contributed by atoms with E-state index in [2.05, 4.69) is 35.3 Å². The molecular weight excluding hydrogens is 158 g/mol. The monoisotopic (exact) mass is 167 g/mol. The summed E-state index contributed by atoms with van der Waals surface area (Å²) in [5.41, 5.74) is 5.50. The number of fused-ring (bicyclic) bond motifs is 3. The predicted octanol–water partition coefficient (Wildman–Crippen LogP) is 2.65. The third kappa shape index (κ3) is 0.903. The molecule has 0 aliphatic heterocycles. The van der Waals surface area contributed by atoms with Crippen LogP contribution >= 0.6 is 0 Å². The van der Waals surface area contributed by atoms with E-state index in [1.807, 2.05) is 12.4 Å². The van der Waals surface area contributed by atoms with E-state index in [1.54, 1.807) is 0 Å². The van der Waals surface area contributed by atoms with Crippen molar-refractivity contribution in [2.24, 2.45) is 0 Å². The van der Waals surface area contributed by atoms with E-state index < -0.39 is 0 Å². The average molecular weight is 167 g/mol. The Bertz CT molecular complexity index is 417. The molecule has 1 aliphatic rings. The van der Waals surface area contributed by atoms with Crippen molar-refractivity contribution < 1.29 is 0 Å². The standard InChI is InChI=1S/C12H9N/c1-2-4-11-9(3-1)7-10-8-13-6-5-12(10)11/h1-6,8H,7H2. The molecule has 1 aromatic heterocycles. The molecule has 0 bridgehead atoms. The fraction of sp³-hybridized carbons (Fsp3) is 0.0833. The summed E-state index contributed by atoms with van der Waals surface area (Å²) in [6, 6.07) is 10.7. The van der Waals surface area contributed by atoms with Crippen LogP contribution in [0.5, 0.6) is 0 Å². The van der Waals surface area contributed by atoms with Gasteiger partial charge in [0.25, 0.3) is 0 Å². The van der Waals surface area contributed by atoms with Crippen LogP contribution in [0.15, 0.2) is 42.7 Å². The fourth-order valence-electron chi connectivity index (χ4n) is 1.97. The molecule has 0 radical (unpaired) electrons. The van der Waals surface area contributed by atoms with Gasteiger partial charge in [-0.1, -0.05) is 24.3 Å². The molecule has 1 aliphatic carbocycles. The van der Waals surface area contributed by atoms with Crippen molar-refractivity contribution in [3.05, 3.63) is 53.9 Å². The highest BCUT2D eigenvalue weighted by molar-refractivity contribution is 5.75. The molecule has 0 unspecified atom stereocenters. The van der Waals surface area contributed by atoms with Crippen molar-refractivity contribution in [1.82, 2.24) is 4.98 Å². The van der Waals surface area contributed by atoms with Gasteiger partial charge in [0.05, 0.1) is 0 Å². The van der Waals surface area contributed by atoms with Gasteiger partial charge in [-0.15, -0.1) is 0 Å². The molecule has 1 aromatic carbocycles. The van der Waals surface area contributed by atoms with Gasteiger partial charge in [0, 0.05) is 18.8 Å². The third-order valence-corrected chi connectivity index (χ3v) is 2.59. The van der Waals surface area contributed by atoms with Crippen molar-refractivity contribution in [3.63, 3.8) is 0 Å². The second kappa shape index (κ2) is 2.43. The first-order valence-corrected chi connectivity index (χ1v) is 4.46. The molecule has 13 heavy (non-hydrogen) atoms. The van der Waals surface area contributed by atoms with Gasteiger partial charge in [-0.05, 0) is 28.3 Å². The summed E-state index contributed by atoms with van der Waals surface area (Å²) >= 11 is 0. The molecule has 3 rings (SSSR count). The molecule has 0 saturated heterocycles. The SMILES string of the molecule is c1ccc2c(c1)Cc1cnccc1-2. The Balaban J connectivity index is 2.32. The van der Waals surface area contributed by atoms with Gasteiger partial charge in [-0.3, -0.25) is 4.98 Å². The summed E-state index contributed by atoms with van der Waals surface area (Å²) < 4.78 is 0. The minimum absolute atomic E-state index is 1.04. The summed E-state index contributed by atoms with van der Waals surface area (Å²) in [6.45, 7) is 0. The molecule has 0 N–H and O–H groups in total. The first-order valence-electron chi connectivity index (χ1n) is 4.46. The zero-order chi connectivity index (χ0) is 8.67. The Kier molecular flexibility index (Phi) is 1.28. The fourth-order valence-corrected chi connectivity index (χ4v) is 1.97. The van der Waals surface area contributed by atoms with Crippen LogP contribution in [0.4, 0.5) is 0 Å². The number of hydrogen-bond acceptors (Lipinski definition) is 1. The van der Waals surface area contributed by atoms with Crippen molar-refractivity contribution in [2.45, 2.75) is 6.42 Å². The highest BCUT2D eigenvalue weighted by Gasteiger charge is 2.16. The molecule has 0 atom stereocenters. The molecule has 0 fully saturated rings. The van der Waals surface area contributed by atoms with Crippen LogP contribution in [0.25, 0.3) is 11.1 Å². The first-order chi connectivity index (χ1) is 6.45. The Morgan fingerprint density at radius 1 is 0.923 bits per heavy atom. The lowest BCUT2D eigenvalue weighted by molar-refractivity contribution is 1.20. The van der Waals surface area contributed by atoms with Gasteiger partial charge in [0.2, 0.25) is 0 Å². The van der Waals surface area contributed by atoms with Crippen molar-refractivity contribution in [2.75, 3.05) is 0 Å². The third-order valence-electron chi connectivity index (χ3n) is 2.59. The second-order valence-corrected chi connectivity index (χ2v) is 3.37. The molecule has 0 spiro atoms. The number of aromatic nitrogens is 1. The molecular formula is C12H9N. The smallest absolute Gasteiger partial charge is 0.0309 e. The molecule has 0 amide bonds. The van der Waals surface area contributed by atoms with Crippen LogP contribution in [-0.4, -0.2) is 4.98 Å². The summed E-state index contributed by atoms with van der Waals surface area (Å²) in [5.74, 6) is 0. The summed E-state index contributed by atoms with van der Waals surface area (Å²) in [4.78, 5) is 4.14.